The van der Waals surface area contributed by atoms with Crippen molar-refractivity contribution in [1.29, 1.82) is 0 Å². The molecule has 2 heteroatoms. The van der Waals surface area contributed by atoms with E-state index in [-0.39, 0.29) is 0 Å². The summed E-state index contributed by atoms with van der Waals surface area (Å²) < 4.78 is 11.1. The molecular formula is C27H38O2. The third-order valence-corrected chi connectivity index (χ3v) is 9.70. The molecule has 0 saturated heterocycles. The Hall–Kier alpha value is -1.12. The maximum absolute atomic E-state index is 5.98. The van der Waals surface area contributed by atoms with Gasteiger partial charge in [0.2, 0.25) is 0 Å². The molecule has 0 bridgehead atoms. The summed E-state index contributed by atoms with van der Waals surface area (Å²) in [4.78, 5) is 0. The summed E-state index contributed by atoms with van der Waals surface area (Å²) in [5, 5.41) is 0. The normalized spacial score (nSPS) is 43.8. The van der Waals surface area contributed by atoms with Crippen LogP contribution in [0.15, 0.2) is 36.4 Å². The van der Waals surface area contributed by atoms with Crippen molar-refractivity contribution < 1.29 is 9.47 Å². The van der Waals surface area contributed by atoms with Crippen LogP contribution in [0.3, 0.4) is 0 Å². The van der Waals surface area contributed by atoms with Gasteiger partial charge in [0.05, 0.1) is 6.10 Å². The predicted octanol–water partition coefficient (Wildman–Crippen LogP) is 6.71. The van der Waals surface area contributed by atoms with Crippen LogP contribution in [0.4, 0.5) is 0 Å². The van der Waals surface area contributed by atoms with E-state index in [4.69, 9.17) is 9.47 Å². The Morgan fingerprint density at radius 1 is 0.966 bits per heavy atom. The second kappa shape index (κ2) is 7.54. The molecule has 1 aromatic carbocycles. The fraction of sp³-hybridized carbons (Fsp3) is 0.704. The van der Waals surface area contributed by atoms with E-state index in [9.17, 15) is 0 Å². The second-order valence-electron chi connectivity index (χ2n) is 10.8. The van der Waals surface area contributed by atoms with Gasteiger partial charge < -0.3 is 9.47 Å². The summed E-state index contributed by atoms with van der Waals surface area (Å²) in [5.74, 6) is 3.50. The van der Waals surface area contributed by atoms with Gasteiger partial charge in [-0.2, -0.15) is 0 Å². The van der Waals surface area contributed by atoms with Crippen LogP contribution in [0, 0.1) is 34.5 Å². The van der Waals surface area contributed by atoms with E-state index in [1.54, 1.807) is 12.7 Å². The van der Waals surface area contributed by atoms with Gasteiger partial charge in [-0.15, -0.1) is 0 Å². The van der Waals surface area contributed by atoms with Gasteiger partial charge in [0.15, 0.2) is 0 Å². The van der Waals surface area contributed by atoms with E-state index in [1.165, 1.54) is 56.9 Å². The van der Waals surface area contributed by atoms with Crippen LogP contribution in [0.5, 0.6) is 0 Å². The Labute approximate surface area is 177 Å². The molecule has 0 radical (unpaired) electrons. The molecule has 5 rings (SSSR count). The number of hydrogen-bond acceptors (Lipinski definition) is 2. The Balaban J connectivity index is 1.35. The molecule has 3 saturated carbocycles. The van der Waals surface area contributed by atoms with Gasteiger partial charge in [0.25, 0.3) is 0 Å². The van der Waals surface area contributed by atoms with Gasteiger partial charge in [-0.05, 0) is 97.0 Å². The van der Waals surface area contributed by atoms with Crippen LogP contribution in [-0.4, -0.2) is 20.0 Å². The van der Waals surface area contributed by atoms with Crippen LogP contribution < -0.4 is 0 Å². The van der Waals surface area contributed by atoms with Gasteiger partial charge in [-0.1, -0.05) is 50.3 Å². The topological polar surface area (TPSA) is 18.5 Å². The van der Waals surface area contributed by atoms with Crippen molar-refractivity contribution in [3.63, 3.8) is 0 Å². The lowest BCUT2D eigenvalue weighted by Gasteiger charge is -2.61. The maximum Gasteiger partial charge on any atom is 0.146 e. The molecule has 3 fully saturated rings. The summed E-state index contributed by atoms with van der Waals surface area (Å²) in [6.45, 7) is 5.68. The Morgan fingerprint density at radius 2 is 1.79 bits per heavy atom. The van der Waals surface area contributed by atoms with Crippen LogP contribution in [0.1, 0.15) is 70.8 Å². The summed E-state index contributed by atoms with van der Waals surface area (Å²) in [6.07, 6.45) is 13.7. The Morgan fingerprint density at radius 3 is 2.59 bits per heavy atom. The highest BCUT2D eigenvalue weighted by molar-refractivity contribution is 5.72. The van der Waals surface area contributed by atoms with Gasteiger partial charge in [-0.3, -0.25) is 0 Å². The summed E-state index contributed by atoms with van der Waals surface area (Å²) in [7, 11) is 1.73. The van der Waals surface area contributed by atoms with E-state index in [2.05, 4.69) is 50.3 Å². The molecule has 0 spiro atoms. The summed E-state index contributed by atoms with van der Waals surface area (Å²) in [6, 6.07) is 11.2. The Kier molecular flexibility index (Phi) is 5.15. The fourth-order valence-corrected chi connectivity index (χ4v) is 8.17. The SMILES string of the molecule is COCO[C@@H]1CC[C@@]2(C)[C@@H](CC[C@@H]3[C@@H]2CC[C@]2(C)C(c4ccccc4)=CC[C@@H]32)C1. The zero-order valence-electron chi connectivity index (χ0n) is 18.5. The van der Waals surface area contributed by atoms with Crippen LogP contribution in [-0.2, 0) is 9.47 Å². The summed E-state index contributed by atoms with van der Waals surface area (Å²) in [5.41, 5.74) is 4.01. The first kappa shape index (κ1) is 19.8. The second-order valence-corrected chi connectivity index (χ2v) is 10.8. The van der Waals surface area contributed by atoms with E-state index in [0.717, 1.165) is 23.7 Å². The highest BCUT2D eigenvalue weighted by Crippen LogP contribution is 2.67. The first-order valence-corrected chi connectivity index (χ1v) is 11.9. The minimum Gasteiger partial charge on any atom is -0.359 e. The monoisotopic (exact) mass is 394 g/mol. The molecule has 0 unspecified atom stereocenters. The first-order chi connectivity index (χ1) is 14.1. The van der Waals surface area contributed by atoms with E-state index >= 15 is 0 Å². The van der Waals surface area contributed by atoms with Crippen molar-refractivity contribution in [2.75, 3.05) is 13.9 Å². The zero-order valence-corrected chi connectivity index (χ0v) is 18.5. The third kappa shape index (κ3) is 3.13. The fourth-order valence-electron chi connectivity index (χ4n) is 8.17. The van der Waals surface area contributed by atoms with E-state index < -0.39 is 0 Å². The van der Waals surface area contributed by atoms with Crippen LogP contribution >= 0.6 is 0 Å². The molecular weight excluding hydrogens is 356 g/mol. The smallest absolute Gasteiger partial charge is 0.146 e. The number of rotatable bonds is 4. The van der Waals surface area contributed by atoms with E-state index in [0.29, 0.717) is 23.7 Å². The molecule has 0 amide bonds. The van der Waals surface area contributed by atoms with Gasteiger partial charge in [-0.25, -0.2) is 0 Å². The minimum atomic E-state index is 0.379. The van der Waals surface area contributed by atoms with Crippen LogP contribution in [0.2, 0.25) is 0 Å². The van der Waals surface area contributed by atoms with Crippen molar-refractivity contribution >= 4 is 5.57 Å². The predicted molar refractivity (Wildman–Crippen MR) is 118 cm³/mol. The highest BCUT2D eigenvalue weighted by atomic mass is 16.7. The number of hydrogen-bond donors (Lipinski definition) is 0. The molecule has 7 atom stereocenters. The number of ether oxygens (including phenoxy) is 2. The summed E-state index contributed by atoms with van der Waals surface area (Å²) >= 11 is 0. The van der Waals surface area contributed by atoms with Crippen molar-refractivity contribution in [3.05, 3.63) is 42.0 Å². The molecule has 0 heterocycles. The quantitative estimate of drug-likeness (QED) is 0.528. The van der Waals surface area contributed by atoms with Crippen molar-refractivity contribution in [3.8, 4) is 0 Å². The molecule has 0 aliphatic heterocycles. The molecule has 4 aliphatic carbocycles. The highest BCUT2D eigenvalue weighted by Gasteiger charge is 2.58. The molecule has 158 valence electrons. The standard InChI is InChI=1S/C27H38O2/c1-26-15-13-21(29-18-28-3)17-20(26)9-10-22-24-12-11-23(19-7-5-4-6-8-19)27(24,2)16-14-25(22)26/h4-8,11,20-22,24-25H,9-10,12-18H2,1-3H3/t20-,21+,22-,24-,25-,26-,27+/m0/s1. The zero-order chi connectivity index (χ0) is 20.1. The Bertz CT molecular complexity index is 755. The van der Waals surface area contributed by atoms with Crippen molar-refractivity contribution in [2.24, 2.45) is 34.5 Å². The molecule has 2 nitrogen and oxygen atoms in total. The number of fused-ring (bicyclic) bond motifs is 5. The largest absolute Gasteiger partial charge is 0.359 e. The molecule has 1 aromatic rings. The third-order valence-electron chi connectivity index (χ3n) is 9.70. The van der Waals surface area contributed by atoms with Gasteiger partial charge in [0.1, 0.15) is 6.79 Å². The van der Waals surface area contributed by atoms with Gasteiger partial charge >= 0.3 is 0 Å². The van der Waals surface area contributed by atoms with Crippen molar-refractivity contribution in [1.82, 2.24) is 0 Å². The molecule has 29 heavy (non-hydrogen) atoms. The average Bonchev–Trinajstić information content (AvgIpc) is 3.10. The molecule has 0 aromatic heterocycles. The molecule has 0 N–H and O–H groups in total. The lowest BCUT2D eigenvalue weighted by molar-refractivity contribution is -0.146. The molecule has 4 aliphatic rings. The number of benzene rings is 1. The lowest BCUT2D eigenvalue weighted by atomic mass is 9.44. The average molecular weight is 395 g/mol. The lowest BCUT2D eigenvalue weighted by Crippen LogP contribution is -2.53. The van der Waals surface area contributed by atoms with Gasteiger partial charge in [0, 0.05) is 7.11 Å². The van der Waals surface area contributed by atoms with E-state index in [1.807, 2.05) is 0 Å². The first-order valence-electron chi connectivity index (χ1n) is 11.9. The minimum absolute atomic E-state index is 0.379. The van der Waals surface area contributed by atoms with Crippen LogP contribution in [0.25, 0.3) is 5.57 Å². The van der Waals surface area contributed by atoms with Crippen molar-refractivity contribution in [2.45, 2.75) is 71.3 Å². The number of allylic oxidation sites excluding steroid dienone is 2. The maximum atomic E-state index is 5.98. The number of methoxy groups -OCH3 is 1.